The lowest BCUT2D eigenvalue weighted by atomic mass is 10.1. The van der Waals surface area contributed by atoms with Gasteiger partial charge in [0, 0.05) is 23.4 Å². The van der Waals surface area contributed by atoms with Crippen molar-refractivity contribution in [2.75, 3.05) is 5.32 Å². The average Bonchev–Trinajstić information content (AvgIpc) is 2.62. The van der Waals surface area contributed by atoms with Crippen LogP contribution in [0.5, 0.6) is 0 Å². The van der Waals surface area contributed by atoms with Crippen LogP contribution in [0.25, 0.3) is 11.1 Å². The standard InChI is InChI=1S/C20H19N3O3/c1-13-17(19(25)23-20(26)21-13)10-11-18(24)22-16-9-5-8-15(12-16)14-6-3-2-4-7-14/h2-9,12H,10-11H2,1H3,(H,22,24)(H2,21,23,25,26). The van der Waals surface area contributed by atoms with Gasteiger partial charge in [-0.3, -0.25) is 14.6 Å². The van der Waals surface area contributed by atoms with Gasteiger partial charge in [-0.1, -0.05) is 42.5 Å². The molecular weight excluding hydrogens is 330 g/mol. The maximum atomic E-state index is 12.2. The first-order valence-corrected chi connectivity index (χ1v) is 8.30. The van der Waals surface area contributed by atoms with Gasteiger partial charge < -0.3 is 10.3 Å². The van der Waals surface area contributed by atoms with Crippen LogP contribution in [0.4, 0.5) is 5.69 Å². The first-order chi connectivity index (χ1) is 12.5. The third-order valence-corrected chi connectivity index (χ3v) is 4.11. The molecule has 0 fully saturated rings. The van der Waals surface area contributed by atoms with Gasteiger partial charge >= 0.3 is 5.69 Å². The molecule has 132 valence electrons. The molecule has 1 amide bonds. The van der Waals surface area contributed by atoms with Gasteiger partial charge in [0.15, 0.2) is 0 Å². The van der Waals surface area contributed by atoms with Gasteiger partial charge in [-0.15, -0.1) is 0 Å². The lowest BCUT2D eigenvalue weighted by Crippen LogP contribution is -2.27. The summed E-state index contributed by atoms with van der Waals surface area (Å²) in [5.41, 5.74) is 2.68. The van der Waals surface area contributed by atoms with Crippen molar-refractivity contribution in [3.05, 3.63) is 86.7 Å². The van der Waals surface area contributed by atoms with Crippen LogP contribution in [0.3, 0.4) is 0 Å². The highest BCUT2D eigenvalue weighted by molar-refractivity contribution is 5.91. The van der Waals surface area contributed by atoms with Crippen LogP contribution >= 0.6 is 0 Å². The highest BCUT2D eigenvalue weighted by Gasteiger charge is 2.10. The Morgan fingerprint density at radius 3 is 2.42 bits per heavy atom. The molecule has 2 aromatic carbocycles. The summed E-state index contributed by atoms with van der Waals surface area (Å²) in [7, 11) is 0. The third kappa shape index (κ3) is 4.16. The third-order valence-electron chi connectivity index (χ3n) is 4.11. The lowest BCUT2D eigenvalue weighted by molar-refractivity contribution is -0.116. The van der Waals surface area contributed by atoms with Gasteiger partial charge in [0.05, 0.1) is 0 Å². The SMILES string of the molecule is Cc1[nH]c(=O)[nH]c(=O)c1CCC(=O)Nc1cccc(-c2ccccc2)c1. The predicted octanol–water partition coefficient (Wildman–Crippen LogP) is 2.61. The maximum Gasteiger partial charge on any atom is 0.325 e. The van der Waals surface area contributed by atoms with Crippen molar-refractivity contribution in [1.29, 1.82) is 0 Å². The van der Waals surface area contributed by atoms with E-state index in [9.17, 15) is 14.4 Å². The predicted molar refractivity (Wildman–Crippen MR) is 101 cm³/mol. The summed E-state index contributed by atoms with van der Waals surface area (Å²) in [6.45, 7) is 1.65. The summed E-state index contributed by atoms with van der Waals surface area (Å²) in [6.07, 6.45) is 0.397. The fraction of sp³-hybridized carbons (Fsp3) is 0.150. The van der Waals surface area contributed by atoms with Crippen LogP contribution in [0, 0.1) is 6.92 Å². The Kier molecular flexibility index (Phi) is 5.12. The van der Waals surface area contributed by atoms with Crippen LogP contribution in [0.1, 0.15) is 17.7 Å². The van der Waals surface area contributed by atoms with Gasteiger partial charge in [-0.2, -0.15) is 0 Å². The molecule has 0 aliphatic heterocycles. The zero-order chi connectivity index (χ0) is 18.5. The van der Waals surface area contributed by atoms with E-state index in [1.165, 1.54) is 0 Å². The number of aromatic amines is 2. The van der Waals surface area contributed by atoms with E-state index in [2.05, 4.69) is 15.3 Å². The number of hydrogen-bond donors (Lipinski definition) is 3. The molecule has 1 aromatic heterocycles. The Bertz CT molecular complexity index is 1040. The minimum atomic E-state index is -0.543. The molecule has 3 N–H and O–H groups in total. The molecule has 1 heterocycles. The summed E-state index contributed by atoms with van der Waals surface area (Å²) in [4.78, 5) is 40.0. The molecule has 26 heavy (non-hydrogen) atoms. The highest BCUT2D eigenvalue weighted by Crippen LogP contribution is 2.22. The van der Waals surface area contributed by atoms with E-state index in [-0.39, 0.29) is 18.7 Å². The fourth-order valence-electron chi connectivity index (χ4n) is 2.80. The highest BCUT2D eigenvalue weighted by atomic mass is 16.2. The van der Waals surface area contributed by atoms with E-state index in [4.69, 9.17) is 0 Å². The first kappa shape index (κ1) is 17.4. The molecule has 0 atom stereocenters. The molecule has 6 heteroatoms. The largest absolute Gasteiger partial charge is 0.326 e. The lowest BCUT2D eigenvalue weighted by Gasteiger charge is -2.08. The van der Waals surface area contributed by atoms with Gasteiger partial charge in [0.25, 0.3) is 5.56 Å². The Balaban J connectivity index is 1.68. The molecule has 0 unspecified atom stereocenters. The molecule has 6 nitrogen and oxygen atoms in total. The molecule has 0 bridgehead atoms. The summed E-state index contributed by atoms with van der Waals surface area (Å²) >= 11 is 0. The average molecular weight is 349 g/mol. The zero-order valence-electron chi connectivity index (χ0n) is 14.3. The van der Waals surface area contributed by atoms with Crippen molar-refractivity contribution in [3.63, 3.8) is 0 Å². The second-order valence-corrected chi connectivity index (χ2v) is 6.01. The second kappa shape index (κ2) is 7.65. The number of hydrogen-bond acceptors (Lipinski definition) is 3. The van der Waals surface area contributed by atoms with Crippen LogP contribution < -0.4 is 16.6 Å². The Morgan fingerprint density at radius 1 is 0.962 bits per heavy atom. The summed E-state index contributed by atoms with van der Waals surface area (Å²) in [6, 6.07) is 17.5. The monoisotopic (exact) mass is 349 g/mol. The number of nitrogens with one attached hydrogen (secondary N) is 3. The number of carbonyl (C=O) groups excluding carboxylic acids is 1. The van der Waals surface area contributed by atoms with Crippen molar-refractivity contribution >= 4 is 11.6 Å². The van der Waals surface area contributed by atoms with Crippen molar-refractivity contribution in [2.24, 2.45) is 0 Å². The molecule has 0 saturated carbocycles. The minimum Gasteiger partial charge on any atom is -0.326 e. The van der Waals surface area contributed by atoms with Gasteiger partial charge in [0.1, 0.15) is 0 Å². The van der Waals surface area contributed by atoms with E-state index >= 15 is 0 Å². The second-order valence-electron chi connectivity index (χ2n) is 6.01. The van der Waals surface area contributed by atoms with Crippen LogP contribution in [0.2, 0.25) is 0 Å². The molecule has 0 radical (unpaired) electrons. The van der Waals surface area contributed by atoms with Crippen molar-refractivity contribution < 1.29 is 4.79 Å². The molecule has 0 aliphatic rings. The topological polar surface area (TPSA) is 94.8 Å². The Labute approximate surface area is 149 Å². The quantitative estimate of drug-likeness (QED) is 0.661. The minimum absolute atomic E-state index is 0.144. The number of benzene rings is 2. The van der Waals surface area contributed by atoms with E-state index in [1.54, 1.807) is 6.92 Å². The summed E-state index contributed by atoms with van der Waals surface area (Å²) < 4.78 is 0. The van der Waals surface area contributed by atoms with Crippen molar-refractivity contribution in [2.45, 2.75) is 19.8 Å². The Hall–Kier alpha value is -3.41. The first-order valence-electron chi connectivity index (χ1n) is 8.30. The van der Waals surface area contributed by atoms with Crippen LogP contribution in [-0.4, -0.2) is 15.9 Å². The summed E-state index contributed by atoms with van der Waals surface area (Å²) in [5, 5.41) is 2.85. The number of amides is 1. The number of anilines is 1. The number of H-pyrrole nitrogens is 2. The number of carbonyl (C=O) groups is 1. The molecule has 3 aromatic rings. The molecule has 0 saturated heterocycles. The molecule has 3 rings (SSSR count). The molecule has 0 spiro atoms. The zero-order valence-corrected chi connectivity index (χ0v) is 14.3. The van der Waals surface area contributed by atoms with Gasteiger partial charge in [-0.25, -0.2) is 4.79 Å². The van der Waals surface area contributed by atoms with E-state index < -0.39 is 11.2 Å². The normalized spacial score (nSPS) is 10.5. The Morgan fingerprint density at radius 2 is 1.69 bits per heavy atom. The smallest absolute Gasteiger partial charge is 0.325 e. The van der Waals surface area contributed by atoms with Crippen LogP contribution in [0.15, 0.2) is 64.2 Å². The number of rotatable bonds is 5. The van der Waals surface area contributed by atoms with E-state index in [0.29, 0.717) is 16.9 Å². The van der Waals surface area contributed by atoms with Crippen molar-refractivity contribution in [1.82, 2.24) is 9.97 Å². The molecular formula is C20H19N3O3. The van der Waals surface area contributed by atoms with Gasteiger partial charge in [0.2, 0.25) is 5.91 Å². The van der Waals surface area contributed by atoms with Crippen molar-refractivity contribution in [3.8, 4) is 11.1 Å². The number of aryl methyl sites for hydroxylation is 1. The van der Waals surface area contributed by atoms with E-state index in [1.807, 2.05) is 54.6 Å². The maximum absolute atomic E-state index is 12.2. The van der Waals surface area contributed by atoms with Crippen LogP contribution in [-0.2, 0) is 11.2 Å². The number of aromatic nitrogens is 2. The fourth-order valence-corrected chi connectivity index (χ4v) is 2.80. The summed E-state index contributed by atoms with van der Waals surface area (Å²) in [5.74, 6) is -0.194. The molecule has 0 aliphatic carbocycles. The van der Waals surface area contributed by atoms with E-state index in [0.717, 1.165) is 11.1 Å². The van der Waals surface area contributed by atoms with Gasteiger partial charge in [-0.05, 0) is 36.6 Å².